The quantitative estimate of drug-likeness (QED) is 0.764. The molecule has 1 aliphatic carbocycles. The number of rotatable bonds is 5. The lowest BCUT2D eigenvalue weighted by Gasteiger charge is -2.33. The predicted octanol–water partition coefficient (Wildman–Crippen LogP) is 2.01. The highest BCUT2D eigenvalue weighted by Crippen LogP contribution is 2.34. The second kappa shape index (κ2) is 5.54. The summed E-state index contributed by atoms with van der Waals surface area (Å²) in [6.07, 6.45) is 3.71. The average Bonchev–Trinajstić information content (AvgIpc) is 2.69. The van der Waals surface area contributed by atoms with Gasteiger partial charge in [0, 0.05) is 31.2 Å². The Morgan fingerprint density at radius 3 is 2.63 bits per heavy atom. The third-order valence-corrected chi connectivity index (χ3v) is 6.11. The zero-order valence-corrected chi connectivity index (χ0v) is 13.9. The maximum Gasteiger partial charge on any atom is 0.261 e. The summed E-state index contributed by atoms with van der Waals surface area (Å²) < 4.78 is 28.1. The number of imidazole rings is 1. The van der Waals surface area contributed by atoms with E-state index in [0.717, 1.165) is 25.2 Å². The molecule has 0 unspecified atom stereocenters. The number of nitrogens with zero attached hydrogens (tertiary/aromatic N) is 3. The monoisotopic (exact) mass is 349 g/mol. The number of aromatic nitrogens is 2. The molecule has 1 aromatic heterocycles. The lowest BCUT2D eigenvalue weighted by molar-refractivity contribution is 0.275. The van der Waals surface area contributed by atoms with Crippen LogP contribution >= 0.6 is 15.9 Å². The fraction of sp³-hybridized carbons (Fsp3) is 0.750. The summed E-state index contributed by atoms with van der Waals surface area (Å²) in [7, 11) is -1.82. The van der Waals surface area contributed by atoms with Crippen LogP contribution in [0.4, 0.5) is 0 Å². The van der Waals surface area contributed by atoms with Crippen LogP contribution in [0, 0.1) is 12.8 Å². The topological polar surface area (TPSA) is 55.2 Å². The van der Waals surface area contributed by atoms with Crippen molar-refractivity contribution in [2.45, 2.75) is 43.1 Å². The number of hydrogen-bond donors (Lipinski definition) is 0. The molecular weight excluding hydrogens is 330 g/mol. The molecule has 1 fully saturated rings. The van der Waals surface area contributed by atoms with E-state index in [9.17, 15) is 8.42 Å². The van der Waals surface area contributed by atoms with Gasteiger partial charge in [0.1, 0.15) is 5.82 Å². The molecule has 0 atom stereocenters. The maximum absolute atomic E-state index is 12.4. The van der Waals surface area contributed by atoms with Gasteiger partial charge in [0.15, 0.2) is 5.03 Å². The molecule has 5 nitrogen and oxygen atoms in total. The molecule has 0 aliphatic heterocycles. The van der Waals surface area contributed by atoms with E-state index in [-0.39, 0.29) is 5.03 Å². The normalized spacial score (nSPS) is 23.6. The Hall–Kier alpha value is -0.400. The minimum atomic E-state index is -3.45. The Morgan fingerprint density at radius 2 is 2.16 bits per heavy atom. The van der Waals surface area contributed by atoms with E-state index in [1.54, 1.807) is 13.2 Å². The summed E-state index contributed by atoms with van der Waals surface area (Å²) in [6, 6.07) is 0. The third kappa shape index (κ3) is 3.03. The first-order valence-electron chi connectivity index (χ1n) is 6.48. The summed E-state index contributed by atoms with van der Waals surface area (Å²) in [6.45, 7) is 5.09. The van der Waals surface area contributed by atoms with Gasteiger partial charge in [0.05, 0.1) is 0 Å². The van der Waals surface area contributed by atoms with Gasteiger partial charge in [0.2, 0.25) is 0 Å². The lowest BCUT2D eigenvalue weighted by atomic mass is 9.85. The van der Waals surface area contributed by atoms with Crippen molar-refractivity contribution < 1.29 is 8.42 Å². The van der Waals surface area contributed by atoms with Crippen molar-refractivity contribution in [3.05, 3.63) is 12.0 Å². The van der Waals surface area contributed by atoms with Gasteiger partial charge in [-0.25, -0.2) is 13.4 Å². The van der Waals surface area contributed by atoms with E-state index < -0.39 is 10.0 Å². The summed E-state index contributed by atoms with van der Waals surface area (Å²) in [5, 5.41) is 0.157. The summed E-state index contributed by atoms with van der Waals surface area (Å²) in [4.78, 5) is 4.72. The number of aryl methyl sites for hydroxylation is 2. The van der Waals surface area contributed by atoms with Gasteiger partial charge >= 0.3 is 0 Å². The molecule has 0 amide bonds. The standard InChI is InChI=1S/C12H20BrN3O2S/c1-4-16-8-12(14-9(16)2)19(17,18)15(3)7-10-5-11(13)6-10/h8,10-11H,4-7H2,1-3H3. The molecule has 0 saturated heterocycles. The van der Waals surface area contributed by atoms with Gasteiger partial charge in [-0.3, -0.25) is 0 Å². The predicted molar refractivity (Wildman–Crippen MR) is 77.9 cm³/mol. The molecule has 108 valence electrons. The van der Waals surface area contributed by atoms with Crippen molar-refractivity contribution in [1.29, 1.82) is 0 Å². The van der Waals surface area contributed by atoms with Crippen LogP contribution < -0.4 is 0 Å². The number of halogens is 1. The van der Waals surface area contributed by atoms with Crippen LogP contribution in [0.3, 0.4) is 0 Å². The molecular formula is C12H20BrN3O2S. The maximum atomic E-state index is 12.4. The van der Waals surface area contributed by atoms with E-state index in [1.807, 2.05) is 18.4 Å². The van der Waals surface area contributed by atoms with Gasteiger partial charge < -0.3 is 4.57 Å². The molecule has 0 bridgehead atoms. The van der Waals surface area contributed by atoms with E-state index in [2.05, 4.69) is 20.9 Å². The minimum Gasteiger partial charge on any atom is -0.334 e. The number of hydrogen-bond acceptors (Lipinski definition) is 3. The number of alkyl halides is 1. The van der Waals surface area contributed by atoms with Gasteiger partial charge in [-0.2, -0.15) is 4.31 Å². The van der Waals surface area contributed by atoms with Crippen LogP contribution in [0.25, 0.3) is 0 Å². The smallest absolute Gasteiger partial charge is 0.261 e. The SMILES string of the molecule is CCn1cc(S(=O)(=O)N(C)CC2CC(Br)C2)nc1C. The molecule has 1 aliphatic rings. The zero-order valence-electron chi connectivity index (χ0n) is 11.5. The summed E-state index contributed by atoms with van der Waals surface area (Å²) >= 11 is 3.52. The first-order chi connectivity index (χ1) is 8.84. The molecule has 0 spiro atoms. The Bertz CT molecular complexity index is 549. The summed E-state index contributed by atoms with van der Waals surface area (Å²) in [5.41, 5.74) is 0. The zero-order chi connectivity index (χ0) is 14.2. The van der Waals surface area contributed by atoms with Crippen molar-refractivity contribution in [2.24, 2.45) is 5.92 Å². The first-order valence-corrected chi connectivity index (χ1v) is 8.84. The van der Waals surface area contributed by atoms with Crippen molar-refractivity contribution in [1.82, 2.24) is 13.9 Å². The van der Waals surface area contributed by atoms with Crippen molar-refractivity contribution in [3.8, 4) is 0 Å². The number of sulfonamides is 1. The summed E-state index contributed by atoms with van der Waals surface area (Å²) in [5.74, 6) is 1.19. The van der Waals surface area contributed by atoms with E-state index in [0.29, 0.717) is 17.3 Å². The molecule has 1 saturated carbocycles. The van der Waals surface area contributed by atoms with Crippen LogP contribution in [0.15, 0.2) is 11.2 Å². The largest absolute Gasteiger partial charge is 0.334 e. The van der Waals surface area contributed by atoms with Crippen LogP contribution in [-0.2, 0) is 16.6 Å². The fourth-order valence-electron chi connectivity index (χ4n) is 2.35. The van der Waals surface area contributed by atoms with E-state index in [1.165, 1.54) is 4.31 Å². The van der Waals surface area contributed by atoms with Crippen LogP contribution in [0.2, 0.25) is 0 Å². The van der Waals surface area contributed by atoms with E-state index in [4.69, 9.17) is 0 Å². The van der Waals surface area contributed by atoms with Crippen LogP contribution in [-0.4, -0.2) is 40.7 Å². The highest BCUT2D eigenvalue weighted by atomic mass is 79.9. The highest BCUT2D eigenvalue weighted by Gasteiger charge is 2.32. The molecule has 0 radical (unpaired) electrons. The highest BCUT2D eigenvalue weighted by molar-refractivity contribution is 9.09. The molecule has 1 aromatic rings. The molecule has 1 heterocycles. The lowest BCUT2D eigenvalue weighted by Crippen LogP contribution is -2.37. The Morgan fingerprint density at radius 1 is 1.53 bits per heavy atom. The van der Waals surface area contributed by atoms with Gasteiger partial charge in [-0.1, -0.05) is 15.9 Å². The second-order valence-corrected chi connectivity index (χ2v) is 8.42. The molecule has 0 N–H and O–H groups in total. The Labute approximate surface area is 123 Å². The third-order valence-electron chi connectivity index (χ3n) is 3.66. The Kier molecular flexibility index (Phi) is 4.37. The molecule has 2 rings (SSSR count). The van der Waals surface area contributed by atoms with Gasteiger partial charge in [0.25, 0.3) is 10.0 Å². The van der Waals surface area contributed by atoms with Crippen molar-refractivity contribution >= 4 is 26.0 Å². The molecule has 7 heteroatoms. The van der Waals surface area contributed by atoms with Crippen LogP contribution in [0.1, 0.15) is 25.6 Å². The van der Waals surface area contributed by atoms with E-state index >= 15 is 0 Å². The second-order valence-electron chi connectivity index (χ2n) is 5.13. The molecule has 19 heavy (non-hydrogen) atoms. The van der Waals surface area contributed by atoms with Crippen molar-refractivity contribution in [2.75, 3.05) is 13.6 Å². The fourth-order valence-corrected chi connectivity index (χ4v) is 4.64. The first kappa shape index (κ1) is 15.0. The van der Waals surface area contributed by atoms with Crippen molar-refractivity contribution in [3.63, 3.8) is 0 Å². The Balaban J connectivity index is 2.11. The van der Waals surface area contributed by atoms with Crippen LogP contribution in [0.5, 0.6) is 0 Å². The minimum absolute atomic E-state index is 0.157. The molecule has 0 aromatic carbocycles. The van der Waals surface area contributed by atoms with Gasteiger partial charge in [-0.05, 0) is 32.6 Å². The van der Waals surface area contributed by atoms with Gasteiger partial charge in [-0.15, -0.1) is 0 Å². The average molecular weight is 350 g/mol.